The van der Waals surface area contributed by atoms with E-state index in [0.717, 1.165) is 21.1 Å². The number of hydrogen-bond donors (Lipinski definition) is 0. The second-order valence-corrected chi connectivity index (χ2v) is 8.27. The third-order valence-corrected chi connectivity index (χ3v) is 6.20. The summed E-state index contributed by atoms with van der Waals surface area (Å²) in [6.07, 6.45) is 1.42. The van der Waals surface area contributed by atoms with Gasteiger partial charge in [-0.1, -0.05) is 28.1 Å². The van der Waals surface area contributed by atoms with Gasteiger partial charge in [-0.3, -0.25) is 4.79 Å². The lowest BCUT2D eigenvalue weighted by Crippen LogP contribution is -2.37. The van der Waals surface area contributed by atoms with E-state index in [2.05, 4.69) is 25.8 Å². The van der Waals surface area contributed by atoms with Crippen molar-refractivity contribution in [1.29, 1.82) is 0 Å². The number of nitrogens with zero attached hydrogens (tertiary/aromatic N) is 2. The molecule has 3 heterocycles. The molecule has 156 valence electrons. The minimum Gasteiger partial charge on any atom is -0.486 e. The highest BCUT2D eigenvalue weighted by atomic mass is 79.9. The number of oxazole rings is 1. The second kappa shape index (κ2) is 8.18. The number of aromatic nitrogens is 1. The SMILES string of the molecule is O=C(OCc1cc2c(cc1Br)OCCO2)C1CCN(c2nc3ccccc3o2)CC1. The Bertz CT molecular complexity index is 1040. The molecule has 5 rings (SSSR count). The molecule has 8 heteroatoms. The lowest BCUT2D eigenvalue weighted by molar-refractivity contribution is -0.150. The van der Waals surface area contributed by atoms with Crippen LogP contribution in [0.5, 0.6) is 11.5 Å². The second-order valence-electron chi connectivity index (χ2n) is 7.42. The molecule has 3 aromatic rings. The first-order valence-electron chi connectivity index (χ1n) is 10.0. The average molecular weight is 473 g/mol. The summed E-state index contributed by atoms with van der Waals surface area (Å²) >= 11 is 3.52. The molecule has 1 fully saturated rings. The van der Waals surface area contributed by atoms with E-state index in [-0.39, 0.29) is 18.5 Å². The molecule has 2 aromatic carbocycles. The zero-order chi connectivity index (χ0) is 20.5. The van der Waals surface area contributed by atoms with E-state index < -0.39 is 0 Å². The van der Waals surface area contributed by atoms with Gasteiger partial charge < -0.3 is 23.5 Å². The van der Waals surface area contributed by atoms with Gasteiger partial charge in [-0.05, 0) is 37.1 Å². The summed E-state index contributed by atoms with van der Waals surface area (Å²) in [6.45, 7) is 2.67. The van der Waals surface area contributed by atoms with Crippen molar-refractivity contribution in [1.82, 2.24) is 4.98 Å². The van der Waals surface area contributed by atoms with Crippen LogP contribution in [-0.4, -0.2) is 37.3 Å². The van der Waals surface area contributed by atoms with Crippen LogP contribution in [0.2, 0.25) is 0 Å². The highest BCUT2D eigenvalue weighted by Crippen LogP contribution is 2.36. The number of carbonyl (C=O) groups excluding carboxylic acids is 1. The molecular formula is C22H21BrN2O5. The van der Waals surface area contributed by atoms with E-state index in [9.17, 15) is 4.79 Å². The number of hydrogen-bond acceptors (Lipinski definition) is 7. The predicted octanol–water partition coefficient (Wildman–Crippen LogP) is 4.32. The van der Waals surface area contributed by atoms with Gasteiger partial charge in [0.15, 0.2) is 17.1 Å². The summed E-state index contributed by atoms with van der Waals surface area (Å²) in [4.78, 5) is 19.2. The number of fused-ring (bicyclic) bond motifs is 2. The fourth-order valence-corrected chi connectivity index (χ4v) is 4.22. The van der Waals surface area contributed by atoms with Crippen molar-refractivity contribution >= 4 is 39.0 Å². The Kier molecular flexibility index (Phi) is 5.25. The molecule has 2 aliphatic rings. The van der Waals surface area contributed by atoms with Crippen molar-refractivity contribution in [3.8, 4) is 11.5 Å². The summed E-state index contributed by atoms with van der Waals surface area (Å²) in [5.74, 6) is 1.09. The van der Waals surface area contributed by atoms with Gasteiger partial charge in [0.25, 0.3) is 6.01 Å². The molecule has 0 bridgehead atoms. The van der Waals surface area contributed by atoms with Gasteiger partial charge in [-0.15, -0.1) is 0 Å². The van der Waals surface area contributed by atoms with Crippen LogP contribution in [0.25, 0.3) is 11.1 Å². The summed E-state index contributed by atoms with van der Waals surface area (Å²) < 4.78 is 23.5. The molecule has 0 atom stereocenters. The van der Waals surface area contributed by atoms with Gasteiger partial charge in [-0.25, -0.2) is 0 Å². The molecule has 0 spiro atoms. The Morgan fingerprint density at radius 1 is 1.13 bits per heavy atom. The zero-order valence-electron chi connectivity index (χ0n) is 16.3. The van der Waals surface area contributed by atoms with Gasteiger partial charge in [-0.2, -0.15) is 4.98 Å². The maximum Gasteiger partial charge on any atom is 0.309 e. The highest BCUT2D eigenvalue weighted by Gasteiger charge is 2.28. The molecule has 0 saturated carbocycles. The van der Waals surface area contributed by atoms with Crippen LogP contribution in [0.15, 0.2) is 45.3 Å². The quantitative estimate of drug-likeness (QED) is 0.523. The van der Waals surface area contributed by atoms with Gasteiger partial charge in [0, 0.05) is 23.1 Å². The highest BCUT2D eigenvalue weighted by molar-refractivity contribution is 9.10. The normalized spacial score (nSPS) is 16.6. The van der Waals surface area contributed by atoms with E-state index in [1.807, 2.05) is 36.4 Å². The van der Waals surface area contributed by atoms with Crippen molar-refractivity contribution in [2.45, 2.75) is 19.4 Å². The van der Waals surface area contributed by atoms with Crippen molar-refractivity contribution in [3.63, 3.8) is 0 Å². The maximum atomic E-state index is 12.6. The summed E-state index contributed by atoms with van der Waals surface area (Å²) in [5, 5.41) is 0. The summed E-state index contributed by atoms with van der Waals surface area (Å²) in [5.41, 5.74) is 2.48. The molecule has 1 aromatic heterocycles. The Balaban J connectivity index is 1.17. The Hall–Kier alpha value is -2.74. The molecular weight excluding hydrogens is 452 g/mol. The monoisotopic (exact) mass is 472 g/mol. The number of esters is 1. The van der Waals surface area contributed by atoms with Crippen LogP contribution in [0.1, 0.15) is 18.4 Å². The van der Waals surface area contributed by atoms with E-state index in [4.69, 9.17) is 18.6 Å². The zero-order valence-corrected chi connectivity index (χ0v) is 17.9. The number of piperidine rings is 1. The third-order valence-electron chi connectivity index (χ3n) is 5.46. The fraction of sp³-hybridized carbons (Fsp3) is 0.364. The molecule has 2 aliphatic heterocycles. The predicted molar refractivity (Wildman–Crippen MR) is 114 cm³/mol. The van der Waals surface area contributed by atoms with Gasteiger partial charge in [0.1, 0.15) is 25.3 Å². The van der Waals surface area contributed by atoms with E-state index >= 15 is 0 Å². The lowest BCUT2D eigenvalue weighted by atomic mass is 9.97. The Labute approximate surface area is 182 Å². The third kappa shape index (κ3) is 3.84. The fourth-order valence-electron chi connectivity index (χ4n) is 3.79. The first-order chi connectivity index (χ1) is 14.7. The molecule has 0 amide bonds. The molecule has 30 heavy (non-hydrogen) atoms. The number of carbonyl (C=O) groups is 1. The minimum atomic E-state index is -0.172. The molecule has 7 nitrogen and oxygen atoms in total. The lowest BCUT2D eigenvalue weighted by Gasteiger charge is -2.29. The number of halogens is 1. The Morgan fingerprint density at radius 3 is 2.63 bits per heavy atom. The number of benzene rings is 2. The number of anilines is 1. The van der Waals surface area contributed by atoms with Crippen LogP contribution in [-0.2, 0) is 16.1 Å². The number of ether oxygens (including phenoxy) is 3. The molecule has 0 unspecified atom stereocenters. The molecule has 0 aliphatic carbocycles. The Morgan fingerprint density at radius 2 is 1.87 bits per heavy atom. The van der Waals surface area contributed by atoms with Crippen LogP contribution < -0.4 is 14.4 Å². The first-order valence-corrected chi connectivity index (χ1v) is 10.8. The minimum absolute atomic E-state index is 0.124. The largest absolute Gasteiger partial charge is 0.486 e. The van der Waals surface area contributed by atoms with Crippen molar-refractivity contribution in [2.75, 3.05) is 31.2 Å². The number of para-hydroxylation sites is 2. The molecule has 0 radical (unpaired) electrons. The topological polar surface area (TPSA) is 74.0 Å². The number of rotatable bonds is 4. The van der Waals surface area contributed by atoms with Gasteiger partial charge in [0.2, 0.25) is 0 Å². The smallest absolute Gasteiger partial charge is 0.309 e. The maximum absolute atomic E-state index is 12.6. The van der Waals surface area contributed by atoms with Gasteiger partial charge in [0.05, 0.1) is 5.92 Å². The van der Waals surface area contributed by atoms with E-state index in [0.29, 0.717) is 56.7 Å². The molecule has 1 saturated heterocycles. The summed E-state index contributed by atoms with van der Waals surface area (Å²) in [6, 6.07) is 12.0. The van der Waals surface area contributed by atoms with Crippen molar-refractivity contribution < 1.29 is 23.4 Å². The summed E-state index contributed by atoms with van der Waals surface area (Å²) in [7, 11) is 0. The first kappa shape index (κ1) is 19.2. The average Bonchev–Trinajstić information content (AvgIpc) is 3.22. The van der Waals surface area contributed by atoms with E-state index in [1.54, 1.807) is 0 Å². The van der Waals surface area contributed by atoms with E-state index in [1.165, 1.54) is 0 Å². The van der Waals surface area contributed by atoms with Crippen LogP contribution in [0, 0.1) is 5.92 Å². The van der Waals surface area contributed by atoms with Crippen molar-refractivity contribution in [3.05, 3.63) is 46.4 Å². The standard InChI is InChI=1S/C22H21BrN2O5/c23-16-12-20-19(27-9-10-28-20)11-15(16)13-29-21(26)14-5-7-25(8-6-14)22-24-17-3-1-2-4-18(17)30-22/h1-4,11-12,14H,5-10,13H2. The van der Waals surface area contributed by atoms with Crippen LogP contribution in [0.3, 0.4) is 0 Å². The van der Waals surface area contributed by atoms with Crippen molar-refractivity contribution in [2.24, 2.45) is 5.92 Å². The van der Waals surface area contributed by atoms with Crippen LogP contribution >= 0.6 is 15.9 Å². The van der Waals surface area contributed by atoms with Gasteiger partial charge >= 0.3 is 5.97 Å². The molecule has 0 N–H and O–H groups in total. The van der Waals surface area contributed by atoms with Crippen LogP contribution in [0.4, 0.5) is 6.01 Å².